The average Bonchev–Trinajstić information content (AvgIpc) is 2.12. The molecule has 72 valence electrons. The summed E-state index contributed by atoms with van der Waals surface area (Å²) < 4.78 is 0. The third-order valence-corrected chi connectivity index (χ3v) is 2.96. The molecule has 3 heteroatoms. The van der Waals surface area contributed by atoms with Crippen molar-refractivity contribution in [2.24, 2.45) is 0 Å². The zero-order chi connectivity index (χ0) is 10.3. The minimum atomic E-state index is 0.698. The van der Waals surface area contributed by atoms with E-state index in [2.05, 4.69) is 4.98 Å². The van der Waals surface area contributed by atoms with Gasteiger partial charge in [-0.1, -0.05) is 23.2 Å². The van der Waals surface area contributed by atoms with Crippen molar-refractivity contribution in [1.29, 1.82) is 0 Å². The molecule has 0 radical (unpaired) electrons. The molecule has 1 aromatic carbocycles. The summed E-state index contributed by atoms with van der Waals surface area (Å²) in [6, 6.07) is 3.74. The molecule has 0 amide bonds. The fourth-order valence-electron chi connectivity index (χ4n) is 1.50. The first-order valence-corrected chi connectivity index (χ1v) is 5.06. The minimum absolute atomic E-state index is 0.698. The van der Waals surface area contributed by atoms with Gasteiger partial charge in [0.05, 0.1) is 10.5 Å². The fraction of sp³-hybridized carbons (Fsp3) is 0.182. The van der Waals surface area contributed by atoms with E-state index in [1.165, 1.54) is 0 Å². The van der Waals surface area contributed by atoms with Crippen molar-refractivity contribution in [2.45, 2.75) is 13.8 Å². The summed E-state index contributed by atoms with van der Waals surface area (Å²) in [6.07, 6.45) is 1.78. The van der Waals surface area contributed by atoms with Crippen molar-refractivity contribution in [3.8, 4) is 0 Å². The van der Waals surface area contributed by atoms with E-state index in [4.69, 9.17) is 23.2 Å². The largest absolute Gasteiger partial charge is 0.256 e. The Morgan fingerprint density at radius 3 is 2.50 bits per heavy atom. The first kappa shape index (κ1) is 9.75. The van der Waals surface area contributed by atoms with Gasteiger partial charge in [0.15, 0.2) is 0 Å². The lowest BCUT2D eigenvalue weighted by Gasteiger charge is -2.06. The highest BCUT2D eigenvalue weighted by Crippen LogP contribution is 2.29. The summed E-state index contributed by atoms with van der Waals surface area (Å²) in [5.41, 5.74) is 2.94. The van der Waals surface area contributed by atoms with Crippen molar-refractivity contribution in [2.75, 3.05) is 0 Å². The van der Waals surface area contributed by atoms with E-state index in [-0.39, 0.29) is 0 Å². The summed E-state index contributed by atoms with van der Waals surface area (Å²) in [7, 11) is 0. The van der Waals surface area contributed by atoms with Crippen molar-refractivity contribution < 1.29 is 0 Å². The number of aromatic nitrogens is 1. The molecular weight excluding hydrogens is 217 g/mol. The van der Waals surface area contributed by atoms with E-state index in [9.17, 15) is 0 Å². The van der Waals surface area contributed by atoms with Gasteiger partial charge < -0.3 is 0 Å². The van der Waals surface area contributed by atoms with Crippen LogP contribution in [0, 0.1) is 13.8 Å². The Bertz CT molecular complexity index is 506. The molecule has 0 spiro atoms. The molecule has 0 saturated carbocycles. The zero-order valence-corrected chi connectivity index (χ0v) is 9.45. The summed E-state index contributed by atoms with van der Waals surface area (Å²) in [4.78, 5) is 4.34. The number of halogens is 2. The molecule has 1 aromatic heterocycles. The Balaban J connectivity index is 2.95. The van der Waals surface area contributed by atoms with Gasteiger partial charge in [-0.15, -0.1) is 0 Å². The van der Waals surface area contributed by atoms with E-state index in [1.54, 1.807) is 6.20 Å². The lowest BCUT2D eigenvalue weighted by Crippen LogP contribution is -1.87. The number of hydrogen-bond donors (Lipinski definition) is 0. The quantitative estimate of drug-likeness (QED) is 0.657. The van der Waals surface area contributed by atoms with Gasteiger partial charge in [-0.25, -0.2) is 0 Å². The van der Waals surface area contributed by atoms with Crippen LogP contribution in [0.15, 0.2) is 18.3 Å². The molecule has 0 atom stereocenters. The maximum atomic E-state index is 6.17. The van der Waals surface area contributed by atoms with Crippen molar-refractivity contribution >= 4 is 34.1 Å². The molecule has 0 saturated heterocycles. The Morgan fingerprint density at radius 2 is 1.79 bits per heavy atom. The second-order valence-corrected chi connectivity index (χ2v) is 4.19. The summed E-state index contributed by atoms with van der Waals surface area (Å²) >= 11 is 12.1. The van der Waals surface area contributed by atoms with Crippen LogP contribution in [-0.2, 0) is 0 Å². The molecule has 0 N–H and O–H groups in total. The number of fused-ring (bicyclic) bond motifs is 1. The van der Waals surface area contributed by atoms with Gasteiger partial charge in [-0.3, -0.25) is 4.98 Å². The minimum Gasteiger partial charge on any atom is -0.256 e. The lowest BCUT2D eigenvalue weighted by atomic mass is 10.1. The van der Waals surface area contributed by atoms with E-state index in [0.717, 1.165) is 27.1 Å². The second-order valence-electron chi connectivity index (χ2n) is 3.37. The molecule has 1 nitrogen and oxygen atoms in total. The van der Waals surface area contributed by atoms with Gasteiger partial charge in [0, 0.05) is 16.6 Å². The third kappa shape index (κ3) is 1.47. The van der Waals surface area contributed by atoms with Crippen LogP contribution in [0.2, 0.25) is 10.0 Å². The standard InChI is InChI=1S/C11H9Cl2N/c1-6-3-8(12)4-9-10(13)7(2)5-14-11(6)9/h3-5H,1-2H3. The summed E-state index contributed by atoms with van der Waals surface area (Å²) in [5.74, 6) is 0. The molecule has 0 fully saturated rings. The lowest BCUT2D eigenvalue weighted by molar-refractivity contribution is 1.31. The number of aryl methyl sites for hydroxylation is 2. The molecule has 0 aliphatic heterocycles. The third-order valence-electron chi connectivity index (χ3n) is 2.24. The van der Waals surface area contributed by atoms with Gasteiger partial charge >= 0.3 is 0 Å². The molecule has 14 heavy (non-hydrogen) atoms. The molecule has 0 unspecified atom stereocenters. The van der Waals surface area contributed by atoms with Crippen LogP contribution in [-0.4, -0.2) is 4.98 Å². The molecule has 2 rings (SSSR count). The van der Waals surface area contributed by atoms with Crippen molar-refractivity contribution in [3.05, 3.63) is 39.5 Å². The first-order chi connectivity index (χ1) is 6.59. The highest BCUT2D eigenvalue weighted by Gasteiger charge is 2.06. The van der Waals surface area contributed by atoms with Crippen LogP contribution in [0.1, 0.15) is 11.1 Å². The maximum absolute atomic E-state index is 6.17. The van der Waals surface area contributed by atoms with Crippen molar-refractivity contribution in [3.63, 3.8) is 0 Å². The molecule has 0 aliphatic carbocycles. The van der Waals surface area contributed by atoms with Crippen LogP contribution in [0.5, 0.6) is 0 Å². The highest BCUT2D eigenvalue weighted by atomic mass is 35.5. The SMILES string of the molecule is Cc1cnc2c(C)cc(Cl)cc2c1Cl. The molecule has 1 heterocycles. The summed E-state index contributed by atoms with van der Waals surface area (Å²) in [5, 5.41) is 2.36. The van der Waals surface area contributed by atoms with Gasteiger partial charge in [0.2, 0.25) is 0 Å². The van der Waals surface area contributed by atoms with Gasteiger partial charge in [-0.2, -0.15) is 0 Å². The highest BCUT2D eigenvalue weighted by molar-refractivity contribution is 6.37. The number of rotatable bonds is 0. The molecule has 2 aromatic rings. The van der Waals surface area contributed by atoms with Crippen LogP contribution < -0.4 is 0 Å². The average molecular weight is 226 g/mol. The maximum Gasteiger partial charge on any atom is 0.0747 e. The number of nitrogens with zero attached hydrogens (tertiary/aromatic N) is 1. The predicted octanol–water partition coefficient (Wildman–Crippen LogP) is 4.16. The van der Waals surface area contributed by atoms with Crippen LogP contribution in [0.25, 0.3) is 10.9 Å². The monoisotopic (exact) mass is 225 g/mol. The molecular formula is C11H9Cl2N. The number of pyridine rings is 1. The summed E-state index contributed by atoms with van der Waals surface area (Å²) in [6.45, 7) is 3.91. The predicted molar refractivity (Wildman–Crippen MR) is 61.2 cm³/mol. The first-order valence-electron chi connectivity index (χ1n) is 4.30. The van der Waals surface area contributed by atoms with Crippen LogP contribution in [0.3, 0.4) is 0 Å². The Morgan fingerprint density at radius 1 is 1.07 bits per heavy atom. The smallest absolute Gasteiger partial charge is 0.0747 e. The van der Waals surface area contributed by atoms with E-state index >= 15 is 0 Å². The number of benzene rings is 1. The Kier molecular flexibility index (Phi) is 2.38. The van der Waals surface area contributed by atoms with Crippen LogP contribution >= 0.6 is 23.2 Å². The topological polar surface area (TPSA) is 12.9 Å². The molecule has 0 bridgehead atoms. The van der Waals surface area contributed by atoms with Crippen LogP contribution in [0.4, 0.5) is 0 Å². The fourth-order valence-corrected chi connectivity index (χ4v) is 1.97. The van der Waals surface area contributed by atoms with Gasteiger partial charge in [0.25, 0.3) is 0 Å². The second kappa shape index (κ2) is 3.41. The normalized spacial score (nSPS) is 10.9. The van der Waals surface area contributed by atoms with E-state index in [0.29, 0.717) is 5.02 Å². The van der Waals surface area contributed by atoms with E-state index in [1.807, 2.05) is 26.0 Å². The van der Waals surface area contributed by atoms with Crippen molar-refractivity contribution in [1.82, 2.24) is 4.98 Å². The Labute approximate surface area is 92.7 Å². The van der Waals surface area contributed by atoms with E-state index < -0.39 is 0 Å². The van der Waals surface area contributed by atoms with Gasteiger partial charge in [-0.05, 0) is 37.1 Å². The Hall–Kier alpha value is -0.790. The zero-order valence-electron chi connectivity index (χ0n) is 7.94. The van der Waals surface area contributed by atoms with Gasteiger partial charge in [0.1, 0.15) is 0 Å². The number of hydrogen-bond acceptors (Lipinski definition) is 1. The molecule has 0 aliphatic rings.